The zero-order valence-electron chi connectivity index (χ0n) is 16.7. The Morgan fingerprint density at radius 3 is 2.71 bits per heavy atom. The SMILES string of the molecule is N#CCc1cc(Cl)cc2cc(C(=O)N3CCC(n4c(=O)[nH]c5ccccc54)CC3)[nH]c12. The summed E-state index contributed by atoms with van der Waals surface area (Å²) in [6, 6.07) is 15.2. The van der Waals surface area contributed by atoms with Gasteiger partial charge in [-0.25, -0.2) is 4.79 Å². The van der Waals surface area contributed by atoms with E-state index in [0.29, 0.717) is 36.6 Å². The van der Waals surface area contributed by atoms with Crippen molar-refractivity contribution in [1.29, 1.82) is 5.26 Å². The standard InChI is InChI=1S/C23H20ClN5O2/c24-16-11-14(5-8-25)21-15(12-16)13-19(26-21)22(30)28-9-6-17(7-10-28)29-20-4-2-1-3-18(20)27-23(29)31/h1-4,11-13,17,26H,5-7,9-10H2,(H,27,31). The van der Waals surface area contributed by atoms with E-state index >= 15 is 0 Å². The van der Waals surface area contributed by atoms with Gasteiger partial charge in [0.1, 0.15) is 5.69 Å². The zero-order chi connectivity index (χ0) is 21.5. The van der Waals surface area contributed by atoms with Crippen LogP contribution in [0, 0.1) is 11.3 Å². The molecule has 0 aliphatic carbocycles. The molecule has 156 valence electrons. The molecule has 1 fully saturated rings. The number of halogens is 1. The molecule has 8 heteroatoms. The Labute approximate surface area is 182 Å². The predicted octanol–water partition coefficient (Wildman–Crippen LogP) is 4.01. The highest BCUT2D eigenvalue weighted by atomic mass is 35.5. The Morgan fingerprint density at radius 1 is 1.16 bits per heavy atom. The number of hydrogen-bond acceptors (Lipinski definition) is 3. The van der Waals surface area contributed by atoms with Crippen LogP contribution in [-0.2, 0) is 6.42 Å². The third-order valence-electron chi connectivity index (χ3n) is 6.02. The van der Waals surface area contributed by atoms with Crippen molar-refractivity contribution in [2.24, 2.45) is 0 Å². The first-order valence-electron chi connectivity index (χ1n) is 10.2. The minimum Gasteiger partial charge on any atom is -0.350 e. The lowest BCUT2D eigenvalue weighted by Crippen LogP contribution is -2.40. The van der Waals surface area contributed by atoms with Gasteiger partial charge < -0.3 is 14.9 Å². The van der Waals surface area contributed by atoms with Gasteiger partial charge in [0.15, 0.2) is 0 Å². The lowest BCUT2D eigenvalue weighted by atomic mass is 10.0. The minimum atomic E-state index is -0.108. The molecule has 31 heavy (non-hydrogen) atoms. The lowest BCUT2D eigenvalue weighted by molar-refractivity contribution is 0.0690. The number of piperidine rings is 1. The van der Waals surface area contributed by atoms with Crippen molar-refractivity contribution in [3.8, 4) is 6.07 Å². The van der Waals surface area contributed by atoms with Crippen molar-refractivity contribution in [2.75, 3.05) is 13.1 Å². The summed E-state index contributed by atoms with van der Waals surface area (Å²) >= 11 is 6.17. The highest BCUT2D eigenvalue weighted by Crippen LogP contribution is 2.28. The highest BCUT2D eigenvalue weighted by Gasteiger charge is 2.27. The van der Waals surface area contributed by atoms with E-state index in [0.717, 1.165) is 27.5 Å². The molecule has 0 unspecified atom stereocenters. The summed E-state index contributed by atoms with van der Waals surface area (Å²) in [5.41, 5.74) is 3.66. The number of likely N-dealkylation sites (tertiary alicyclic amines) is 1. The van der Waals surface area contributed by atoms with Crippen molar-refractivity contribution < 1.29 is 4.79 Å². The summed E-state index contributed by atoms with van der Waals surface area (Å²) < 4.78 is 1.82. The molecule has 7 nitrogen and oxygen atoms in total. The molecule has 2 aromatic heterocycles. The van der Waals surface area contributed by atoms with E-state index in [1.54, 1.807) is 18.2 Å². The van der Waals surface area contributed by atoms with E-state index in [2.05, 4.69) is 16.0 Å². The maximum atomic E-state index is 13.1. The molecule has 1 aliphatic rings. The minimum absolute atomic E-state index is 0.0523. The molecule has 0 saturated carbocycles. The van der Waals surface area contributed by atoms with Crippen molar-refractivity contribution >= 4 is 39.4 Å². The van der Waals surface area contributed by atoms with Gasteiger partial charge in [-0.2, -0.15) is 5.26 Å². The van der Waals surface area contributed by atoms with E-state index in [1.165, 1.54) is 0 Å². The van der Waals surface area contributed by atoms with Crippen molar-refractivity contribution in [3.63, 3.8) is 0 Å². The topological polar surface area (TPSA) is 97.7 Å². The fourth-order valence-corrected chi connectivity index (χ4v) is 4.80. The Kier molecular flexibility index (Phi) is 4.79. The van der Waals surface area contributed by atoms with Gasteiger partial charge in [0, 0.05) is 29.5 Å². The molecule has 2 N–H and O–H groups in total. The largest absolute Gasteiger partial charge is 0.350 e. The zero-order valence-corrected chi connectivity index (χ0v) is 17.4. The number of aromatic nitrogens is 3. The Morgan fingerprint density at radius 2 is 1.94 bits per heavy atom. The maximum Gasteiger partial charge on any atom is 0.326 e. The van der Waals surface area contributed by atoms with E-state index in [4.69, 9.17) is 16.9 Å². The number of amides is 1. The number of hydrogen-bond donors (Lipinski definition) is 2. The molecule has 1 amide bonds. The van der Waals surface area contributed by atoms with Crippen LogP contribution in [-0.4, -0.2) is 38.4 Å². The number of nitrogens with zero attached hydrogens (tertiary/aromatic N) is 3. The Balaban J connectivity index is 1.37. The third kappa shape index (κ3) is 3.39. The number of aromatic amines is 2. The van der Waals surface area contributed by atoms with Gasteiger partial charge in [-0.3, -0.25) is 9.36 Å². The number of carbonyl (C=O) groups is 1. The molecular formula is C23H20ClN5O2. The van der Waals surface area contributed by atoms with Gasteiger partial charge in [0.25, 0.3) is 5.91 Å². The van der Waals surface area contributed by atoms with E-state index in [1.807, 2.05) is 33.7 Å². The molecule has 1 aliphatic heterocycles. The number of nitriles is 1. The number of carbonyl (C=O) groups excluding carboxylic acids is 1. The van der Waals surface area contributed by atoms with E-state index < -0.39 is 0 Å². The summed E-state index contributed by atoms with van der Waals surface area (Å²) in [5, 5.41) is 10.4. The number of para-hydroxylation sites is 2. The third-order valence-corrected chi connectivity index (χ3v) is 6.23. The van der Waals surface area contributed by atoms with Crippen LogP contribution >= 0.6 is 11.6 Å². The van der Waals surface area contributed by atoms with Crippen LogP contribution in [0.5, 0.6) is 0 Å². The van der Waals surface area contributed by atoms with Gasteiger partial charge in [-0.05, 0) is 48.7 Å². The number of fused-ring (bicyclic) bond motifs is 2. The molecule has 4 aromatic rings. The normalized spacial score (nSPS) is 14.9. The van der Waals surface area contributed by atoms with Crippen LogP contribution in [0.15, 0.2) is 47.3 Å². The molecule has 3 heterocycles. The summed E-state index contributed by atoms with van der Waals surface area (Å²) in [5.74, 6) is -0.0834. The molecular weight excluding hydrogens is 414 g/mol. The van der Waals surface area contributed by atoms with Crippen LogP contribution in [0.2, 0.25) is 5.02 Å². The molecule has 1 saturated heterocycles. The average Bonchev–Trinajstić information content (AvgIpc) is 3.34. The molecule has 0 bridgehead atoms. The first-order chi connectivity index (χ1) is 15.0. The van der Waals surface area contributed by atoms with Crippen LogP contribution in [0.4, 0.5) is 0 Å². The van der Waals surface area contributed by atoms with Crippen molar-refractivity contribution in [3.05, 3.63) is 69.2 Å². The molecule has 5 rings (SSSR count). The Bertz CT molecular complexity index is 1400. The number of nitrogens with one attached hydrogen (secondary N) is 2. The maximum absolute atomic E-state index is 13.1. The second-order valence-electron chi connectivity index (χ2n) is 7.89. The van der Waals surface area contributed by atoms with Gasteiger partial charge in [0.05, 0.1) is 29.0 Å². The van der Waals surface area contributed by atoms with Crippen LogP contribution in [0.3, 0.4) is 0 Å². The summed E-state index contributed by atoms with van der Waals surface area (Å²) in [7, 11) is 0. The van der Waals surface area contributed by atoms with Gasteiger partial charge in [0.2, 0.25) is 0 Å². The fourth-order valence-electron chi connectivity index (χ4n) is 4.55. The van der Waals surface area contributed by atoms with E-state index in [9.17, 15) is 9.59 Å². The summed E-state index contributed by atoms with van der Waals surface area (Å²) in [6.07, 6.45) is 1.63. The lowest BCUT2D eigenvalue weighted by Gasteiger charge is -2.32. The highest BCUT2D eigenvalue weighted by molar-refractivity contribution is 6.31. The molecule has 2 aromatic carbocycles. The number of rotatable bonds is 3. The predicted molar refractivity (Wildman–Crippen MR) is 119 cm³/mol. The fraction of sp³-hybridized carbons (Fsp3) is 0.261. The first-order valence-corrected chi connectivity index (χ1v) is 10.6. The molecule has 0 radical (unpaired) electrons. The second kappa shape index (κ2) is 7.64. The van der Waals surface area contributed by atoms with Gasteiger partial charge in [-0.15, -0.1) is 0 Å². The second-order valence-corrected chi connectivity index (χ2v) is 8.32. The Hall–Kier alpha value is -3.50. The molecule has 0 atom stereocenters. The summed E-state index contributed by atoms with van der Waals surface area (Å²) in [4.78, 5) is 33.5. The average molecular weight is 434 g/mol. The number of benzene rings is 2. The van der Waals surface area contributed by atoms with Gasteiger partial charge >= 0.3 is 5.69 Å². The smallest absolute Gasteiger partial charge is 0.326 e. The molecule has 0 spiro atoms. The monoisotopic (exact) mass is 433 g/mol. The van der Waals surface area contributed by atoms with Crippen LogP contribution in [0.25, 0.3) is 21.9 Å². The van der Waals surface area contributed by atoms with Gasteiger partial charge in [-0.1, -0.05) is 23.7 Å². The van der Waals surface area contributed by atoms with Crippen molar-refractivity contribution in [2.45, 2.75) is 25.3 Å². The summed E-state index contributed by atoms with van der Waals surface area (Å²) in [6.45, 7) is 1.13. The number of H-pyrrole nitrogens is 2. The van der Waals surface area contributed by atoms with E-state index in [-0.39, 0.29) is 24.1 Å². The van der Waals surface area contributed by atoms with Crippen molar-refractivity contribution in [1.82, 2.24) is 19.4 Å². The van der Waals surface area contributed by atoms with Crippen LogP contribution in [0.1, 0.15) is 34.9 Å². The number of imidazole rings is 1. The first kappa shape index (κ1) is 19.5. The quantitative estimate of drug-likeness (QED) is 0.510. The van der Waals surface area contributed by atoms with Crippen LogP contribution < -0.4 is 5.69 Å².